The van der Waals surface area contributed by atoms with Crippen LogP contribution >= 0.6 is 0 Å². The number of benzene rings is 2. The predicted molar refractivity (Wildman–Crippen MR) is 102 cm³/mol. The Balaban J connectivity index is 1.86. The molecule has 0 saturated carbocycles. The van der Waals surface area contributed by atoms with Crippen LogP contribution < -0.4 is 15.0 Å². The summed E-state index contributed by atoms with van der Waals surface area (Å²) >= 11 is 0. The molecule has 2 aromatic carbocycles. The molecule has 5 nitrogen and oxygen atoms in total. The van der Waals surface area contributed by atoms with E-state index in [2.05, 4.69) is 11.4 Å². The van der Waals surface area contributed by atoms with Gasteiger partial charge in [-0.05, 0) is 42.3 Å². The summed E-state index contributed by atoms with van der Waals surface area (Å²) < 4.78 is 5.43. The third-order valence-electron chi connectivity index (χ3n) is 3.87. The average Bonchev–Trinajstić information content (AvgIpc) is 2.61. The van der Waals surface area contributed by atoms with E-state index in [0.717, 1.165) is 22.6 Å². The molecule has 0 aromatic heterocycles. The van der Waals surface area contributed by atoms with Crippen LogP contribution in [0.3, 0.4) is 0 Å². The fraction of sp³-hybridized carbons (Fsp3) is 0.350. The van der Waals surface area contributed by atoms with E-state index < -0.39 is 0 Å². The third kappa shape index (κ3) is 5.71. The number of nitrogens with one attached hydrogen (secondary N) is 1. The van der Waals surface area contributed by atoms with E-state index in [0.29, 0.717) is 19.7 Å². The fourth-order valence-corrected chi connectivity index (χ4v) is 2.46. The lowest BCUT2D eigenvalue weighted by molar-refractivity contribution is 0.206. The minimum absolute atomic E-state index is 0.0934. The summed E-state index contributed by atoms with van der Waals surface area (Å²) in [7, 11) is 5.80. The maximum atomic E-state index is 12.3. The SMILES string of the molecule is CCOc1ccc(CN(C)C(=O)NCc2cccc(N(C)C)c2)cc1. The Morgan fingerprint density at radius 1 is 1.04 bits per heavy atom. The van der Waals surface area contributed by atoms with Gasteiger partial charge in [0.05, 0.1) is 6.61 Å². The zero-order valence-electron chi connectivity index (χ0n) is 15.5. The van der Waals surface area contributed by atoms with Crippen molar-refractivity contribution >= 4 is 11.7 Å². The summed E-state index contributed by atoms with van der Waals surface area (Å²) in [6.45, 7) is 3.67. The van der Waals surface area contributed by atoms with Gasteiger partial charge in [0, 0.05) is 39.9 Å². The number of rotatable bonds is 7. The van der Waals surface area contributed by atoms with E-state index in [9.17, 15) is 4.79 Å². The summed E-state index contributed by atoms with van der Waals surface area (Å²) in [5.74, 6) is 0.846. The van der Waals surface area contributed by atoms with Gasteiger partial charge in [0.15, 0.2) is 0 Å². The van der Waals surface area contributed by atoms with Gasteiger partial charge in [-0.1, -0.05) is 24.3 Å². The monoisotopic (exact) mass is 341 g/mol. The fourth-order valence-electron chi connectivity index (χ4n) is 2.46. The van der Waals surface area contributed by atoms with Gasteiger partial charge < -0.3 is 19.9 Å². The zero-order valence-corrected chi connectivity index (χ0v) is 15.5. The number of anilines is 1. The summed E-state index contributed by atoms with van der Waals surface area (Å²) in [5.41, 5.74) is 3.26. The molecule has 1 N–H and O–H groups in total. The maximum Gasteiger partial charge on any atom is 0.317 e. The standard InChI is InChI=1S/C20H27N3O2/c1-5-25-19-11-9-16(10-12-19)15-23(4)20(24)21-14-17-7-6-8-18(13-17)22(2)3/h6-13H,5,14-15H2,1-4H3,(H,21,24). The van der Waals surface area contributed by atoms with Crippen LogP contribution in [0.4, 0.5) is 10.5 Å². The smallest absolute Gasteiger partial charge is 0.317 e. The van der Waals surface area contributed by atoms with Crippen molar-refractivity contribution in [2.75, 3.05) is 32.6 Å². The molecule has 2 aromatic rings. The highest BCUT2D eigenvalue weighted by Crippen LogP contribution is 2.14. The lowest BCUT2D eigenvalue weighted by Crippen LogP contribution is -2.36. The van der Waals surface area contributed by atoms with Gasteiger partial charge in [0.1, 0.15) is 5.75 Å². The molecule has 0 spiro atoms. The number of ether oxygens (including phenoxy) is 1. The lowest BCUT2D eigenvalue weighted by Gasteiger charge is -2.19. The van der Waals surface area contributed by atoms with Crippen molar-refractivity contribution < 1.29 is 9.53 Å². The van der Waals surface area contributed by atoms with Gasteiger partial charge in [0.25, 0.3) is 0 Å². The van der Waals surface area contributed by atoms with Crippen molar-refractivity contribution in [3.05, 3.63) is 59.7 Å². The van der Waals surface area contributed by atoms with Crippen molar-refractivity contribution in [3.8, 4) is 5.75 Å². The summed E-state index contributed by atoms with van der Waals surface area (Å²) in [6.07, 6.45) is 0. The number of carbonyl (C=O) groups is 1. The van der Waals surface area contributed by atoms with Crippen LogP contribution in [0.5, 0.6) is 5.75 Å². The molecule has 0 aliphatic carbocycles. The average molecular weight is 341 g/mol. The first kappa shape index (κ1) is 18.6. The van der Waals surface area contributed by atoms with E-state index in [4.69, 9.17) is 4.74 Å². The minimum atomic E-state index is -0.0934. The second-order valence-electron chi connectivity index (χ2n) is 6.16. The molecule has 5 heteroatoms. The zero-order chi connectivity index (χ0) is 18.2. The highest BCUT2D eigenvalue weighted by Gasteiger charge is 2.09. The van der Waals surface area contributed by atoms with E-state index in [1.807, 2.05) is 68.4 Å². The molecule has 134 valence electrons. The number of carbonyl (C=O) groups excluding carboxylic acids is 1. The highest BCUT2D eigenvalue weighted by atomic mass is 16.5. The van der Waals surface area contributed by atoms with Crippen LogP contribution in [0.25, 0.3) is 0 Å². The minimum Gasteiger partial charge on any atom is -0.494 e. The predicted octanol–water partition coefficient (Wildman–Crippen LogP) is 3.49. The number of amides is 2. The first-order valence-corrected chi connectivity index (χ1v) is 8.46. The van der Waals surface area contributed by atoms with Gasteiger partial charge in [0.2, 0.25) is 0 Å². The van der Waals surface area contributed by atoms with Crippen LogP contribution in [-0.4, -0.2) is 38.7 Å². The molecule has 0 atom stereocenters. The first-order valence-electron chi connectivity index (χ1n) is 8.46. The van der Waals surface area contributed by atoms with Gasteiger partial charge in [-0.15, -0.1) is 0 Å². The van der Waals surface area contributed by atoms with Crippen molar-refractivity contribution in [1.29, 1.82) is 0 Å². The summed E-state index contributed by atoms with van der Waals surface area (Å²) in [6, 6.07) is 15.9. The molecule has 0 saturated heterocycles. The molecule has 0 heterocycles. The number of urea groups is 1. The van der Waals surface area contributed by atoms with Crippen LogP contribution in [0.2, 0.25) is 0 Å². The van der Waals surface area contributed by atoms with Crippen LogP contribution in [0.1, 0.15) is 18.1 Å². The molecule has 2 rings (SSSR count). The Bertz CT molecular complexity index is 684. The second-order valence-corrected chi connectivity index (χ2v) is 6.16. The van der Waals surface area contributed by atoms with Gasteiger partial charge in [-0.25, -0.2) is 4.79 Å². The molecule has 0 radical (unpaired) electrons. The Morgan fingerprint density at radius 3 is 2.40 bits per heavy atom. The Kier molecular flexibility index (Phi) is 6.69. The normalized spacial score (nSPS) is 10.2. The van der Waals surface area contributed by atoms with Crippen LogP contribution in [0.15, 0.2) is 48.5 Å². The molecule has 0 aliphatic rings. The second kappa shape index (κ2) is 8.97. The summed E-state index contributed by atoms with van der Waals surface area (Å²) in [5, 5.41) is 2.96. The quantitative estimate of drug-likeness (QED) is 0.838. The Morgan fingerprint density at radius 2 is 1.76 bits per heavy atom. The molecule has 0 unspecified atom stereocenters. The summed E-state index contributed by atoms with van der Waals surface area (Å²) in [4.78, 5) is 16.0. The van der Waals surface area contributed by atoms with E-state index >= 15 is 0 Å². The molecule has 2 amide bonds. The van der Waals surface area contributed by atoms with Gasteiger partial charge >= 0.3 is 6.03 Å². The molecular formula is C20H27N3O2. The number of hydrogen-bond donors (Lipinski definition) is 1. The van der Waals surface area contributed by atoms with Crippen molar-refractivity contribution in [1.82, 2.24) is 10.2 Å². The lowest BCUT2D eigenvalue weighted by atomic mass is 10.2. The molecule has 0 bridgehead atoms. The maximum absolute atomic E-state index is 12.3. The highest BCUT2D eigenvalue weighted by molar-refractivity contribution is 5.73. The molecule has 25 heavy (non-hydrogen) atoms. The van der Waals surface area contributed by atoms with E-state index in [1.54, 1.807) is 11.9 Å². The third-order valence-corrected chi connectivity index (χ3v) is 3.87. The number of nitrogens with zero attached hydrogens (tertiary/aromatic N) is 2. The van der Waals surface area contributed by atoms with Crippen LogP contribution in [0, 0.1) is 0 Å². The van der Waals surface area contributed by atoms with Crippen molar-refractivity contribution in [2.24, 2.45) is 0 Å². The van der Waals surface area contributed by atoms with E-state index in [-0.39, 0.29) is 6.03 Å². The molecular weight excluding hydrogens is 314 g/mol. The van der Waals surface area contributed by atoms with Gasteiger partial charge in [-0.3, -0.25) is 0 Å². The topological polar surface area (TPSA) is 44.8 Å². The van der Waals surface area contributed by atoms with E-state index in [1.165, 1.54) is 0 Å². The largest absolute Gasteiger partial charge is 0.494 e. The van der Waals surface area contributed by atoms with Crippen molar-refractivity contribution in [2.45, 2.75) is 20.0 Å². The Labute approximate surface area is 150 Å². The number of hydrogen-bond acceptors (Lipinski definition) is 3. The molecule has 0 aliphatic heterocycles. The Hall–Kier alpha value is -2.69. The van der Waals surface area contributed by atoms with Crippen LogP contribution in [-0.2, 0) is 13.1 Å². The molecule has 0 fully saturated rings. The first-order chi connectivity index (χ1) is 12.0. The van der Waals surface area contributed by atoms with Gasteiger partial charge in [-0.2, -0.15) is 0 Å². The van der Waals surface area contributed by atoms with Crippen molar-refractivity contribution in [3.63, 3.8) is 0 Å².